The van der Waals surface area contributed by atoms with E-state index >= 15 is 0 Å². The van der Waals surface area contributed by atoms with E-state index in [0.29, 0.717) is 23.7 Å². The van der Waals surface area contributed by atoms with Gasteiger partial charge in [0.15, 0.2) is 0 Å². The average molecular weight is 348 g/mol. The van der Waals surface area contributed by atoms with Gasteiger partial charge in [-0.05, 0) is 36.8 Å². The predicted molar refractivity (Wildman–Crippen MR) is 101 cm³/mol. The second-order valence-corrected chi connectivity index (χ2v) is 5.81. The molecule has 3 aromatic rings. The van der Waals surface area contributed by atoms with Gasteiger partial charge < -0.3 is 15.4 Å². The first-order chi connectivity index (χ1) is 12.6. The maximum absolute atomic E-state index is 12.4. The largest absolute Gasteiger partial charge is 0.497 e. The Kier molecular flexibility index (Phi) is 5.43. The van der Waals surface area contributed by atoms with Gasteiger partial charge in [0.05, 0.1) is 7.11 Å². The number of nitrogens with one attached hydrogen (secondary N) is 2. The zero-order valence-electron chi connectivity index (χ0n) is 14.7. The van der Waals surface area contributed by atoms with Gasteiger partial charge in [-0.15, -0.1) is 0 Å². The molecular weight excluding hydrogens is 328 g/mol. The molecule has 0 bridgehead atoms. The minimum absolute atomic E-state index is 0.294. The lowest BCUT2D eigenvalue weighted by molar-refractivity contribution is 0.102. The number of carbonyl (C=O) groups excluding carboxylic acids is 1. The van der Waals surface area contributed by atoms with Gasteiger partial charge in [0.1, 0.15) is 23.6 Å². The molecule has 1 aromatic heterocycles. The minimum Gasteiger partial charge on any atom is -0.497 e. The van der Waals surface area contributed by atoms with E-state index in [1.54, 1.807) is 37.4 Å². The van der Waals surface area contributed by atoms with Crippen LogP contribution < -0.4 is 15.4 Å². The summed E-state index contributed by atoms with van der Waals surface area (Å²) >= 11 is 0. The molecule has 0 aliphatic carbocycles. The summed E-state index contributed by atoms with van der Waals surface area (Å²) in [6.45, 7) is 2.67. The van der Waals surface area contributed by atoms with Gasteiger partial charge in [0.25, 0.3) is 5.91 Å². The molecule has 0 saturated heterocycles. The number of hydrogen-bond acceptors (Lipinski definition) is 5. The fraction of sp³-hybridized carbons (Fsp3) is 0.150. The first kappa shape index (κ1) is 17.4. The maximum atomic E-state index is 12.4. The lowest BCUT2D eigenvalue weighted by Gasteiger charge is -2.08. The third-order valence-corrected chi connectivity index (χ3v) is 3.84. The fourth-order valence-electron chi connectivity index (χ4n) is 2.35. The lowest BCUT2D eigenvalue weighted by atomic mass is 10.1. The number of ether oxygens (including phenoxy) is 1. The summed E-state index contributed by atoms with van der Waals surface area (Å²) in [5, 5.41) is 6.01. The van der Waals surface area contributed by atoms with Crippen LogP contribution in [0.1, 0.15) is 21.6 Å². The number of carbonyl (C=O) groups is 1. The molecule has 0 radical (unpaired) electrons. The van der Waals surface area contributed by atoms with Gasteiger partial charge in [0, 0.05) is 18.3 Å². The summed E-state index contributed by atoms with van der Waals surface area (Å²) in [7, 11) is 1.60. The van der Waals surface area contributed by atoms with Crippen molar-refractivity contribution in [1.82, 2.24) is 9.97 Å². The Morgan fingerprint density at radius 3 is 2.46 bits per heavy atom. The minimum atomic E-state index is -0.295. The Morgan fingerprint density at radius 2 is 1.77 bits per heavy atom. The molecule has 3 rings (SSSR count). The van der Waals surface area contributed by atoms with Crippen molar-refractivity contribution >= 4 is 17.4 Å². The molecule has 6 heteroatoms. The highest BCUT2D eigenvalue weighted by molar-refractivity contribution is 6.03. The van der Waals surface area contributed by atoms with Crippen molar-refractivity contribution in [2.45, 2.75) is 13.5 Å². The van der Waals surface area contributed by atoms with E-state index in [0.717, 1.165) is 11.3 Å². The topological polar surface area (TPSA) is 76.1 Å². The second-order valence-electron chi connectivity index (χ2n) is 5.81. The van der Waals surface area contributed by atoms with Crippen LogP contribution in [0.25, 0.3) is 0 Å². The molecule has 2 N–H and O–H groups in total. The van der Waals surface area contributed by atoms with Crippen LogP contribution in [0.5, 0.6) is 5.75 Å². The van der Waals surface area contributed by atoms with Crippen LogP contribution in [0, 0.1) is 6.92 Å². The molecule has 2 aromatic carbocycles. The van der Waals surface area contributed by atoms with E-state index in [1.165, 1.54) is 11.9 Å². The molecule has 0 saturated carbocycles. The Balaban J connectivity index is 1.63. The first-order valence-electron chi connectivity index (χ1n) is 8.21. The van der Waals surface area contributed by atoms with Crippen LogP contribution in [0.3, 0.4) is 0 Å². The molecule has 6 nitrogen and oxygen atoms in total. The van der Waals surface area contributed by atoms with Gasteiger partial charge >= 0.3 is 0 Å². The zero-order chi connectivity index (χ0) is 18.4. The molecule has 1 amide bonds. The van der Waals surface area contributed by atoms with Gasteiger partial charge in [-0.25, -0.2) is 9.97 Å². The molecule has 0 aliphatic rings. The van der Waals surface area contributed by atoms with Gasteiger partial charge in [-0.1, -0.05) is 29.8 Å². The Hall–Kier alpha value is -3.41. The third kappa shape index (κ3) is 4.57. The Morgan fingerprint density at radius 1 is 1.04 bits per heavy atom. The lowest BCUT2D eigenvalue weighted by Crippen LogP contribution is -2.14. The first-order valence-corrected chi connectivity index (χ1v) is 8.21. The number of benzene rings is 2. The van der Waals surface area contributed by atoms with E-state index in [4.69, 9.17) is 4.74 Å². The van der Waals surface area contributed by atoms with Crippen LogP contribution in [0.15, 0.2) is 60.9 Å². The van der Waals surface area contributed by atoms with E-state index < -0.39 is 0 Å². The van der Waals surface area contributed by atoms with Crippen LogP contribution >= 0.6 is 0 Å². The number of methoxy groups -OCH3 is 1. The molecule has 1 heterocycles. The quantitative estimate of drug-likeness (QED) is 0.711. The highest BCUT2D eigenvalue weighted by Crippen LogP contribution is 2.16. The predicted octanol–water partition coefficient (Wildman–Crippen LogP) is 3.66. The standard InChI is InChI=1S/C20H20N4O2/c1-14-3-5-15(6-4-14)12-21-19-11-18(22-13-23-19)20(25)24-16-7-9-17(26-2)10-8-16/h3-11,13H,12H2,1-2H3,(H,24,25)(H,21,22,23). The van der Waals surface area contributed by atoms with Crippen molar-refractivity contribution in [3.63, 3.8) is 0 Å². The summed E-state index contributed by atoms with van der Waals surface area (Å²) in [5.74, 6) is 1.03. The summed E-state index contributed by atoms with van der Waals surface area (Å²) < 4.78 is 5.10. The number of hydrogen-bond donors (Lipinski definition) is 2. The van der Waals surface area contributed by atoms with Crippen molar-refractivity contribution in [2.24, 2.45) is 0 Å². The molecule has 0 spiro atoms. The normalized spacial score (nSPS) is 10.2. The summed E-state index contributed by atoms with van der Waals surface area (Å²) in [6.07, 6.45) is 1.38. The van der Waals surface area contributed by atoms with E-state index in [1.807, 2.05) is 0 Å². The summed E-state index contributed by atoms with van der Waals surface area (Å²) in [4.78, 5) is 20.6. The summed E-state index contributed by atoms with van der Waals surface area (Å²) in [6, 6.07) is 17.0. The molecule has 0 unspecified atom stereocenters. The Labute approximate surface area is 152 Å². The smallest absolute Gasteiger partial charge is 0.274 e. The third-order valence-electron chi connectivity index (χ3n) is 3.84. The second kappa shape index (κ2) is 8.11. The van der Waals surface area contributed by atoms with Gasteiger partial charge in [0.2, 0.25) is 0 Å². The van der Waals surface area contributed by atoms with Crippen molar-refractivity contribution < 1.29 is 9.53 Å². The zero-order valence-corrected chi connectivity index (χ0v) is 14.7. The monoisotopic (exact) mass is 348 g/mol. The number of nitrogens with zero attached hydrogens (tertiary/aromatic N) is 2. The highest BCUT2D eigenvalue weighted by Gasteiger charge is 2.09. The highest BCUT2D eigenvalue weighted by atomic mass is 16.5. The summed E-state index contributed by atoms with van der Waals surface area (Å²) in [5.41, 5.74) is 3.32. The molecule has 132 valence electrons. The maximum Gasteiger partial charge on any atom is 0.274 e. The molecule has 0 fully saturated rings. The van der Waals surface area contributed by atoms with Crippen molar-refractivity contribution in [3.05, 3.63) is 77.7 Å². The number of amides is 1. The number of anilines is 2. The van der Waals surface area contributed by atoms with Crippen molar-refractivity contribution in [2.75, 3.05) is 17.7 Å². The van der Waals surface area contributed by atoms with E-state index in [2.05, 4.69) is 51.8 Å². The van der Waals surface area contributed by atoms with Gasteiger partial charge in [-0.3, -0.25) is 4.79 Å². The van der Waals surface area contributed by atoms with Crippen LogP contribution in [-0.4, -0.2) is 23.0 Å². The SMILES string of the molecule is COc1ccc(NC(=O)c2cc(NCc3ccc(C)cc3)ncn2)cc1. The molecule has 26 heavy (non-hydrogen) atoms. The van der Waals surface area contributed by atoms with E-state index in [-0.39, 0.29) is 5.91 Å². The van der Waals surface area contributed by atoms with Crippen molar-refractivity contribution in [3.8, 4) is 5.75 Å². The van der Waals surface area contributed by atoms with Crippen LogP contribution in [-0.2, 0) is 6.54 Å². The van der Waals surface area contributed by atoms with Crippen LogP contribution in [0.4, 0.5) is 11.5 Å². The van der Waals surface area contributed by atoms with E-state index in [9.17, 15) is 4.79 Å². The molecule has 0 atom stereocenters. The average Bonchev–Trinajstić information content (AvgIpc) is 2.68. The molecular formula is C20H20N4O2. The van der Waals surface area contributed by atoms with Crippen LogP contribution in [0.2, 0.25) is 0 Å². The van der Waals surface area contributed by atoms with Crippen molar-refractivity contribution in [1.29, 1.82) is 0 Å². The number of rotatable bonds is 6. The number of aryl methyl sites for hydroxylation is 1. The Bertz CT molecular complexity index is 877. The molecule has 0 aliphatic heterocycles. The fourth-order valence-corrected chi connectivity index (χ4v) is 2.35. The number of aromatic nitrogens is 2. The van der Waals surface area contributed by atoms with Gasteiger partial charge in [-0.2, -0.15) is 0 Å².